The first-order valence-corrected chi connectivity index (χ1v) is 2.96. The molecule has 2 heteroatoms. The van der Waals surface area contributed by atoms with Gasteiger partial charge in [-0.3, -0.25) is 0 Å². The van der Waals surface area contributed by atoms with Gasteiger partial charge in [-0.2, -0.15) is 0 Å². The van der Waals surface area contributed by atoms with Gasteiger partial charge in [0, 0.05) is 6.42 Å². The Kier molecular flexibility index (Phi) is 2.38. The molecule has 0 N–H and O–H groups in total. The minimum atomic E-state index is -1.46. The Morgan fingerprint density at radius 2 is 1.62 bits per heavy atom. The van der Waals surface area contributed by atoms with Crippen molar-refractivity contribution in [1.29, 1.82) is 0 Å². The van der Waals surface area contributed by atoms with Crippen molar-refractivity contribution in [3.05, 3.63) is 0 Å². The van der Waals surface area contributed by atoms with E-state index in [0.29, 0.717) is 0 Å². The van der Waals surface area contributed by atoms with Crippen LogP contribution in [-0.4, -0.2) is 11.8 Å². The highest BCUT2D eigenvalue weighted by atomic mass is 19.2. The summed E-state index contributed by atoms with van der Waals surface area (Å²) in [6, 6.07) is 0. The number of hydrogen-bond donors (Lipinski definition) is 0. The summed E-state index contributed by atoms with van der Waals surface area (Å²) in [7, 11) is 0. The fraction of sp³-hybridized carbons (Fsp3) is 1.00. The topological polar surface area (TPSA) is 0 Å². The van der Waals surface area contributed by atoms with Crippen LogP contribution in [0.25, 0.3) is 0 Å². The van der Waals surface area contributed by atoms with Crippen molar-refractivity contribution in [3.63, 3.8) is 0 Å². The van der Waals surface area contributed by atoms with Crippen LogP contribution in [0.5, 0.6) is 0 Å². The van der Waals surface area contributed by atoms with E-state index in [1.165, 1.54) is 6.92 Å². The fourth-order valence-electron chi connectivity index (χ4n) is 0.291. The van der Waals surface area contributed by atoms with Crippen molar-refractivity contribution >= 4 is 0 Å². The first kappa shape index (κ1) is 7.86. The van der Waals surface area contributed by atoms with Gasteiger partial charge in [0.1, 0.15) is 11.8 Å². The second kappa shape index (κ2) is 2.42. The van der Waals surface area contributed by atoms with E-state index < -0.39 is 11.8 Å². The van der Waals surface area contributed by atoms with Crippen LogP contribution in [0.3, 0.4) is 0 Å². The van der Waals surface area contributed by atoms with E-state index in [1.54, 1.807) is 0 Å². The van der Waals surface area contributed by atoms with Gasteiger partial charge in [-0.15, -0.1) is 0 Å². The third kappa shape index (κ3) is 1.76. The lowest BCUT2D eigenvalue weighted by molar-refractivity contribution is 0.271. The zero-order chi connectivity index (χ0) is 6.78. The van der Waals surface area contributed by atoms with Crippen molar-refractivity contribution in [2.75, 3.05) is 0 Å². The molecule has 0 bridgehead atoms. The van der Waals surface area contributed by atoms with Crippen LogP contribution in [0.1, 0.15) is 27.2 Å². The lowest BCUT2D eigenvalue weighted by Gasteiger charge is -1.84. The summed E-state index contributed by atoms with van der Waals surface area (Å²) < 4.78 is 23.3. The van der Waals surface area contributed by atoms with E-state index in [1.807, 2.05) is 13.8 Å². The molecule has 2 atom stereocenters. The van der Waals surface area contributed by atoms with Crippen LogP contribution in [0.4, 0.5) is 8.78 Å². The second-order valence-electron chi connectivity index (χ2n) is 1.95. The van der Waals surface area contributed by atoms with Gasteiger partial charge in [-0.05, 0) is 6.92 Å². The minimum Gasteiger partial charge on any atom is -0.244 e. The lowest BCUT2D eigenvalue weighted by Crippen LogP contribution is -1.93. The Morgan fingerprint density at radius 1 is 1.50 bits per heavy atom. The molecule has 0 radical (unpaired) electrons. The monoisotopic (exact) mass is 122 g/mol. The number of halogens is 2. The Labute approximate surface area is 48.9 Å². The van der Waals surface area contributed by atoms with Gasteiger partial charge in [-0.25, -0.2) is 8.78 Å². The van der Waals surface area contributed by atoms with E-state index in [-0.39, 0.29) is 6.42 Å². The third-order valence-electron chi connectivity index (χ3n) is 1.07. The average molecular weight is 122 g/mol. The van der Waals surface area contributed by atoms with Crippen molar-refractivity contribution in [2.24, 2.45) is 0 Å². The first-order chi connectivity index (χ1) is 3.63. The SMILES string of the molecule is CC.CC1(F)CC1F. The van der Waals surface area contributed by atoms with Gasteiger partial charge in [0.05, 0.1) is 0 Å². The molecule has 8 heavy (non-hydrogen) atoms. The van der Waals surface area contributed by atoms with Crippen LogP contribution in [0.15, 0.2) is 0 Å². The van der Waals surface area contributed by atoms with Crippen LogP contribution in [0.2, 0.25) is 0 Å². The minimum absolute atomic E-state index is 0.104. The van der Waals surface area contributed by atoms with Gasteiger partial charge in [0.2, 0.25) is 0 Å². The molecule has 50 valence electrons. The van der Waals surface area contributed by atoms with Crippen molar-refractivity contribution in [1.82, 2.24) is 0 Å². The normalized spacial score (nSPS) is 42.4. The summed E-state index contributed by atoms with van der Waals surface area (Å²) in [4.78, 5) is 0. The number of alkyl halides is 2. The van der Waals surface area contributed by atoms with Gasteiger partial charge in [0.25, 0.3) is 0 Å². The maximum Gasteiger partial charge on any atom is 0.142 e. The van der Waals surface area contributed by atoms with E-state index >= 15 is 0 Å². The first-order valence-electron chi connectivity index (χ1n) is 2.96. The molecule has 1 saturated carbocycles. The Morgan fingerprint density at radius 3 is 1.62 bits per heavy atom. The van der Waals surface area contributed by atoms with Crippen molar-refractivity contribution in [3.8, 4) is 0 Å². The Bertz CT molecular complexity index is 68.9. The fourth-order valence-corrected chi connectivity index (χ4v) is 0.291. The molecule has 0 aliphatic heterocycles. The number of rotatable bonds is 0. The quantitative estimate of drug-likeness (QED) is 0.463. The Hall–Kier alpha value is -0.140. The van der Waals surface area contributed by atoms with Gasteiger partial charge in [0.15, 0.2) is 0 Å². The molecular weight excluding hydrogens is 110 g/mol. The highest BCUT2D eigenvalue weighted by Crippen LogP contribution is 2.42. The summed E-state index contributed by atoms with van der Waals surface area (Å²) >= 11 is 0. The van der Waals surface area contributed by atoms with Gasteiger partial charge in [-0.1, -0.05) is 13.8 Å². The summed E-state index contributed by atoms with van der Waals surface area (Å²) in [6.07, 6.45) is -1.06. The third-order valence-corrected chi connectivity index (χ3v) is 1.07. The Balaban J connectivity index is 0.000000222. The van der Waals surface area contributed by atoms with Crippen molar-refractivity contribution in [2.45, 2.75) is 39.0 Å². The smallest absolute Gasteiger partial charge is 0.142 e. The van der Waals surface area contributed by atoms with E-state index in [2.05, 4.69) is 0 Å². The molecule has 1 rings (SSSR count). The highest BCUT2D eigenvalue weighted by molar-refractivity contribution is 5.00. The molecule has 1 aliphatic rings. The lowest BCUT2D eigenvalue weighted by atomic mass is 10.5. The molecular formula is C6H12F2. The van der Waals surface area contributed by atoms with Gasteiger partial charge >= 0.3 is 0 Å². The predicted molar refractivity (Wildman–Crippen MR) is 30.4 cm³/mol. The molecule has 0 amide bonds. The number of hydrogen-bond acceptors (Lipinski definition) is 0. The molecule has 0 spiro atoms. The van der Waals surface area contributed by atoms with Crippen molar-refractivity contribution < 1.29 is 8.78 Å². The zero-order valence-electron chi connectivity index (χ0n) is 5.54. The van der Waals surface area contributed by atoms with Crippen LogP contribution >= 0.6 is 0 Å². The van der Waals surface area contributed by atoms with E-state index in [4.69, 9.17) is 0 Å². The largest absolute Gasteiger partial charge is 0.244 e. The average Bonchev–Trinajstić information content (AvgIpc) is 2.19. The summed E-state index contributed by atoms with van der Waals surface area (Å²) in [5.41, 5.74) is -1.46. The summed E-state index contributed by atoms with van der Waals surface area (Å²) in [6.45, 7) is 5.28. The van der Waals surface area contributed by atoms with E-state index in [9.17, 15) is 8.78 Å². The molecule has 2 unspecified atom stereocenters. The molecule has 1 fully saturated rings. The molecule has 0 aromatic rings. The predicted octanol–water partition coefficient (Wildman–Crippen LogP) is 2.48. The maximum atomic E-state index is 11.8. The standard InChI is InChI=1S/C4H6F2.C2H6/c1-4(6)2-3(4)5;1-2/h3H,2H2,1H3;1-2H3. The van der Waals surface area contributed by atoms with Gasteiger partial charge < -0.3 is 0 Å². The molecule has 1 aliphatic carbocycles. The maximum absolute atomic E-state index is 11.8. The highest BCUT2D eigenvalue weighted by Gasteiger charge is 2.52. The summed E-state index contributed by atoms with van der Waals surface area (Å²) in [5, 5.41) is 0. The molecule has 0 aromatic heterocycles. The van der Waals surface area contributed by atoms with Crippen LogP contribution in [0, 0.1) is 0 Å². The summed E-state index contributed by atoms with van der Waals surface area (Å²) in [5.74, 6) is 0. The molecule has 0 saturated heterocycles. The zero-order valence-corrected chi connectivity index (χ0v) is 5.54. The van der Waals surface area contributed by atoms with E-state index in [0.717, 1.165) is 0 Å². The van der Waals surface area contributed by atoms with Crippen LogP contribution < -0.4 is 0 Å². The molecule has 0 aromatic carbocycles. The molecule has 0 nitrogen and oxygen atoms in total. The second-order valence-corrected chi connectivity index (χ2v) is 1.95. The molecule has 0 heterocycles. The van der Waals surface area contributed by atoms with Crippen LogP contribution in [-0.2, 0) is 0 Å².